The molecule has 0 aromatic heterocycles. The first-order chi connectivity index (χ1) is 17.8. The van der Waals surface area contributed by atoms with Crippen molar-refractivity contribution in [2.24, 2.45) is 5.92 Å². The second-order valence-corrected chi connectivity index (χ2v) is 11.5. The van der Waals surface area contributed by atoms with E-state index in [4.69, 9.17) is 27.9 Å². The van der Waals surface area contributed by atoms with Gasteiger partial charge in [0.1, 0.15) is 11.6 Å². The molecule has 2 unspecified atom stereocenters. The first kappa shape index (κ1) is 26.5. The van der Waals surface area contributed by atoms with Gasteiger partial charge in [-0.15, -0.1) is 0 Å². The van der Waals surface area contributed by atoms with Crippen molar-refractivity contribution in [3.8, 4) is 5.75 Å². The van der Waals surface area contributed by atoms with Gasteiger partial charge >= 0.3 is 0 Å². The third-order valence-electron chi connectivity index (χ3n) is 8.04. The molecule has 2 saturated heterocycles. The number of ether oxygens (including phenoxy) is 1. The van der Waals surface area contributed by atoms with Gasteiger partial charge in [0.05, 0.1) is 18.2 Å². The van der Waals surface area contributed by atoms with Gasteiger partial charge in [-0.3, -0.25) is 14.5 Å². The lowest BCUT2D eigenvalue weighted by Gasteiger charge is -2.36. The van der Waals surface area contributed by atoms with Crippen LogP contribution >= 0.6 is 23.2 Å². The molecule has 197 valence electrons. The van der Waals surface area contributed by atoms with Gasteiger partial charge in [-0.2, -0.15) is 0 Å². The second kappa shape index (κ2) is 11.3. The van der Waals surface area contributed by atoms with E-state index in [2.05, 4.69) is 11.8 Å². The number of hydrogen-bond acceptors (Lipinski definition) is 4. The van der Waals surface area contributed by atoms with Crippen LogP contribution in [0.3, 0.4) is 0 Å². The first-order valence-corrected chi connectivity index (χ1v) is 13.9. The van der Waals surface area contributed by atoms with Gasteiger partial charge < -0.3 is 9.64 Å². The summed E-state index contributed by atoms with van der Waals surface area (Å²) < 4.78 is 21.3. The van der Waals surface area contributed by atoms with E-state index in [-0.39, 0.29) is 11.6 Å². The highest BCUT2D eigenvalue weighted by Crippen LogP contribution is 2.45. The van der Waals surface area contributed by atoms with E-state index in [1.807, 2.05) is 18.4 Å². The molecule has 0 spiro atoms. The average Bonchev–Trinajstić information content (AvgIpc) is 3.62. The van der Waals surface area contributed by atoms with Crippen molar-refractivity contribution >= 4 is 35.4 Å². The fourth-order valence-corrected chi connectivity index (χ4v) is 6.15. The molecule has 0 N–H and O–H groups in total. The summed E-state index contributed by atoms with van der Waals surface area (Å²) in [6.45, 7) is 5.01. The highest BCUT2D eigenvalue weighted by molar-refractivity contribution is 6.34. The maximum atomic E-state index is 15.1. The van der Waals surface area contributed by atoms with Crippen molar-refractivity contribution in [3.05, 3.63) is 62.9 Å². The lowest BCUT2D eigenvalue weighted by atomic mass is 9.95. The van der Waals surface area contributed by atoms with Crippen molar-refractivity contribution in [2.45, 2.75) is 63.5 Å². The predicted molar refractivity (Wildman–Crippen MR) is 143 cm³/mol. The zero-order chi connectivity index (χ0) is 26.1. The Bertz CT molecular complexity index is 1140. The smallest absolute Gasteiger partial charge is 0.257 e. The Balaban J connectivity index is 1.21. The van der Waals surface area contributed by atoms with Gasteiger partial charge in [-0.25, -0.2) is 4.39 Å². The number of carbonyl (C=O) groups is 1. The molecule has 5 nitrogen and oxygen atoms in total. The molecule has 2 atom stereocenters. The van der Waals surface area contributed by atoms with Gasteiger partial charge in [0, 0.05) is 28.7 Å². The molecule has 5 rings (SSSR count). The Hall–Kier alpha value is -2.15. The number of piperidine rings is 1. The van der Waals surface area contributed by atoms with Crippen LogP contribution in [0.4, 0.5) is 4.39 Å². The van der Waals surface area contributed by atoms with Crippen LogP contribution in [0.15, 0.2) is 30.3 Å². The average molecular weight is 546 g/mol. The summed E-state index contributed by atoms with van der Waals surface area (Å²) in [6, 6.07) is 8.34. The zero-order valence-electron chi connectivity index (χ0n) is 21.0. The molecule has 1 aliphatic carbocycles. The minimum atomic E-state index is -0.593. The number of carbonyl (C=O) groups excluding carboxylic acids is 2. The number of nitrogens with zero attached hydrogens (tertiary/aromatic N) is 2. The number of likely N-dealkylation sites (tertiary alicyclic amines) is 2. The fraction of sp³-hybridized carbons (Fsp3) is 0.517. The highest BCUT2D eigenvalue weighted by atomic mass is 35.5. The van der Waals surface area contributed by atoms with Crippen LogP contribution in [0.1, 0.15) is 78.9 Å². The lowest BCUT2D eigenvalue weighted by molar-refractivity contribution is 0.0763. The molecular formula is C29H32Cl2FN2O3. The van der Waals surface area contributed by atoms with E-state index >= 15 is 4.39 Å². The second-order valence-electron chi connectivity index (χ2n) is 10.6. The predicted octanol–water partition coefficient (Wildman–Crippen LogP) is 6.58. The monoisotopic (exact) mass is 545 g/mol. The Morgan fingerprint density at radius 2 is 1.76 bits per heavy atom. The SMILES string of the molecule is CC(c1cc(Cl)cc(Cl)c1)N1CCC(COc2cc(F)c(C(=O)N3CCCC3[C]=O)cc2C2CC2)CC1. The molecule has 2 aromatic rings. The minimum Gasteiger partial charge on any atom is -0.493 e. The molecule has 2 heterocycles. The zero-order valence-corrected chi connectivity index (χ0v) is 22.5. The fourth-order valence-electron chi connectivity index (χ4n) is 5.60. The van der Waals surface area contributed by atoms with E-state index in [9.17, 15) is 9.59 Å². The van der Waals surface area contributed by atoms with Crippen molar-refractivity contribution in [1.29, 1.82) is 0 Å². The first-order valence-electron chi connectivity index (χ1n) is 13.2. The third kappa shape index (κ3) is 5.97. The van der Waals surface area contributed by atoms with Gasteiger partial charge in [0.15, 0.2) is 0 Å². The molecule has 0 bridgehead atoms. The minimum absolute atomic E-state index is 0.0276. The Kier molecular flexibility index (Phi) is 8.08. The largest absolute Gasteiger partial charge is 0.493 e. The maximum absolute atomic E-state index is 15.1. The summed E-state index contributed by atoms with van der Waals surface area (Å²) >= 11 is 12.4. The van der Waals surface area contributed by atoms with Crippen molar-refractivity contribution in [2.75, 3.05) is 26.2 Å². The van der Waals surface area contributed by atoms with Gasteiger partial charge in [0.2, 0.25) is 6.29 Å². The third-order valence-corrected chi connectivity index (χ3v) is 8.47. The summed E-state index contributed by atoms with van der Waals surface area (Å²) in [5.41, 5.74) is 2.04. The van der Waals surface area contributed by atoms with E-state index < -0.39 is 17.8 Å². The highest BCUT2D eigenvalue weighted by Gasteiger charge is 2.34. The molecule has 2 aliphatic heterocycles. The molecular weight excluding hydrogens is 514 g/mol. The van der Waals surface area contributed by atoms with E-state index in [0.717, 1.165) is 56.3 Å². The molecule has 1 radical (unpaired) electrons. The number of rotatable bonds is 8. The summed E-state index contributed by atoms with van der Waals surface area (Å²) in [5, 5.41) is 1.29. The Labute approximate surface area is 227 Å². The number of benzene rings is 2. The van der Waals surface area contributed by atoms with Crippen LogP contribution in [0.2, 0.25) is 10.0 Å². The van der Waals surface area contributed by atoms with Gasteiger partial charge in [-0.1, -0.05) is 23.2 Å². The van der Waals surface area contributed by atoms with E-state index in [0.29, 0.717) is 47.2 Å². The summed E-state index contributed by atoms with van der Waals surface area (Å²) in [6.07, 6.45) is 7.21. The summed E-state index contributed by atoms with van der Waals surface area (Å²) in [5.74, 6) is 0.183. The number of amides is 1. The van der Waals surface area contributed by atoms with Gasteiger partial charge in [0.25, 0.3) is 5.91 Å². The quantitative estimate of drug-likeness (QED) is 0.376. The Morgan fingerprint density at radius 1 is 1.05 bits per heavy atom. The van der Waals surface area contributed by atoms with Crippen molar-refractivity contribution < 1.29 is 18.7 Å². The molecule has 8 heteroatoms. The summed E-state index contributed by atoms with van der Waals surface area (Å²) in [7, 11) is 0. The van der Waals surface area contributed by atoms with Crippen LogP contribution in [0, 0.1) is 11.7 Å². The van der Waals surface area contributed by atoms with Crippen LogP contribution in [-0.4, -0.2) is 54.3 Å². The molecule has 3 fully saturated rings. The van der Waals surface area contributed by atoms with Crippen LogP contribution in [0.5, 0.6) is 5.75 Å². The molecule has 37 heavy (non-hydrogen) atoms. The lowest BCUT2D eigenvalue weighted by Crippen LogP contribution is -2.37. The molecule has 1 amide bonds. The van der Waals surface area contributed by atoms with E-state index in [1.165, 1.54) is 11.0 Å². The summed E-state index contributed by atoms with van der Waals surface area (Å²) in [4.78, 5) is 28.1. The maximum Gasteiger partial charge on any atom is 0.257 e. The van der Waals surface area contributed by atoms with Gasteiger partial charge in [-0.05, 0) is 106 Å². The molecule has 1 saturated carbocycles. The molecule has 3 aliphatic rings. The number of hydrogen-bond donors (Lipinski definition) is 0. The molecule has 2 aromatic carbocycles. The topological polar surface area (TPSA) is 49.9 Å². The van der Waals surface area contributed by atoms with Crippen molar-refractivity contribution in [1.82, 2.24) is 9.80 Å². The van der Waals surface area contributed by atoms with Crippen LogP contribution in [-0.2, 0) is 4.79 Å². The Morgan fingerprint density at radius 3 is 2.41 bits per heavy atom. The number of halogens is 3. The normalized spacial score (nSPS) is 21.7. The van der Waals surface area contributed by atoms with E-state index in [1.54, 1.807) is 12.1 Å². The van der Waals surface area contributed by atoms with Crippen LogP contribution < -0.4 is 4.74 Å². The standard InChI is InChI=1S/C29H32Cl2FN2O3/c1-18(21-11-22(30)13-23(31)12-21)33-9-6-19(7-10-33)17-37-28-15-27(32)26(14-25(28)20-4-5-20)29(36)34-8-2-3-24(34)16-35/h11-15,18-20,24H,2-10,17H2,1H3. The van der Waals surface area contributed by atoms with Crippen molar-refractivity contribution in [3.63, 3.8) is 0 Å². The van der Waals surface area contributed by atoms with Crippen LogP contribution in [0.25, 0.3) is 0 Å².